The summed E-state index contributed by atoms with van der Waals surface area (Å²) in [6, 6.07) is 1.81. The lowest BCUT2D eigenvalue weighted by Gasteiger charge is -2.11. The summed E-state index contributed by atoms with van der Waals surface area (Å²) < 4.78 is 30.2. The first kappa shape index (κ1) is 11.9. The Morgan fingerprint density at radius 2 is 2.33 bits per heavy atom. The molecule has 1 rings (SSSR count). The molecule has 15 heavy (non-hydrogen) atoms. The van der Waals surface area contributed by atoms with Crippen molar-refractivity contribution in [3.63, 3.8) is 0 Å². The van der Waals surface area contributed by atoms with E-state index >= 15 is 0 Å². The van der Waals surface area contributed by atoms with Gasteiger partial charge in [-0.15, -0.1) is 0 Å². The molecular formula is C9H7BrF2N2O. The van der Waals surface area contributed by atoms with Gasteiger partial charge in [0.1, 0.15) is 6.07 Å². The number of nitrogens with zero attached hydrogens (tertiary/aromatic N) is 2. The molecule has 1 aromatic heterocycles. The van der Waals surface area contributed by atoms with Crippen molar-refractivity contribution in [3.05, 3.63) is 22.9 Å². The summed E-state index contributed by atoms with van der Waals surface area (Å²) in [5, 5.41) is 8.88. The van der Waals surface area contributed by atoms with E-state index in [0.29, 0.717) is 0 Å². The largest absolute Gasteiger partial charge is 0.481 e. The van der Waals surface area contributed by atoms with Crippen LogP contribution >= 0.6 is 15.9 Å². The molecule has 0 radical (unpaired) electrons. The molecule has 1 aromatic rings. The zero-order valence-electron chi connectivity index (χ0n) is 7.80. The van der Waals surface area contributed by atoms with Gasteiger partial charge in [0.2, 0.25) is 5.88 Å². The number of halogens is 3. The first-order valence-corrected chi connectivity index (χ1v) is 5.07. The van der Waals surface area contributed by atoms with Crippen LogP contribution in [-0.2, 0) is 5.33 Å². The highest BCUT2D eigenvalue weighted by Crippen LogP contribution is 2.33. The van der Waals surface area contributed by atoms with Crippen LogP contribution in [0.5, 0.6) is 5.88 Å². The van der Waals surface area contributed by atoms with Crippen molar-refractivity contribution in [2.24, 2.45) is 0 Å². The first-order valence-electron chi connectivity index (χ1n) is 3.95. The standard InChI is InChI=1S/C9H7BrF2N2O/c1-15-9-7(8(11)12)6(2-10)5(3-13)4-14-9/h4,8H,2H2,1H3. The van der Waals surface area contributed by atoms with Crippen molar-refractivity contribution in [1.82, 2.24) is 4.98 Å². The molecule has 0 aliphatic heterocycles. The molecule has 6 heteroatoms. The Bertz CT molecular complexity index is 404. The fourth-order valence-corrected chi connectivity index (χ4v) is 1.78. The number of aromatic nitrogens is 1. The second kappa shape index (κ2) is 5.03. The normalized spacial score (nSPS) is 10.1. The molecule has 0 aliphatic rings. The number of alkyl halides is 3. The van der Waals surface area contributed by atoms with Crippen molar-refractivity contribution in [3.8, 4) is 11.9 Å². The topological polar surface area (TPSA) is 45.9 Å². The molecule has 0 spiro atoms. The Labute approximate surface area is 93.8 Å². The van der Waals surface area contributed by atoms with Gasteiger partial charge in [-0.2, -0.15) is 5.26 Å². The molecule has 0 aliphatic carbocycles. The smallest absolute Gasteiger partial charge is 0.269 e. The third-order valence-electron chi connectivity index (χ3n) is 1.86. The van der Waals surface area contributed by atoms with Crippen molar-refractivity contribution in [2.45, 2.75) is 11.8 Å². The van der Waals surface area contributed by atoms with E-state index < -0.39 is 6.43 Å². The number of nitriles is 1. The number of rotatable bonds is 3. The molecule has 80 valence electrons. The van der Waals surface area contributed by atoms with Crippen molar-refractivity contribution < 1.29 is 13.5 Å². The Balaban J connectivity index is 3.46. The number of ether oxygens (including phenoxy) is 1. The number of hydrogen-bond donors (Lipinski definition) is 0. The van der Waals surface area contributed by atoms with Gasteiger partial charge in [0, 0.05) is 11.5 Å². The quantitative estimate of drug-likeness (QED) is 0.798. The molecule has 0 fully saturated rings. The highest BCUT2D eigenvalue weighted by atomic mass is 79.9. The summed E-state index contributed by atoms with van der Waals surface area (Å²) in [7, 11) is 1.26. The van der Waals surface area contributed by atoms with E-state index in [2.05, 4.69) is 20.9 Å². The van der Waals surface area contributed by atoms with Crippen molar-refractivity contribution >= 4 is 15.9 Å². The van der Waals surface area contributed by atoms with Gasteiger partial charge >= 0.3 is 0 Å². The zero-order chi connectivity index (χ0) is 11.4. The Morgan fingerprint density at radius 3 is 2.73 bits per heavy atom. The maximum atomic E-state index is 12.7. The van der Waals surface area contributed by atoms with Gasteiger partial charge < -0.3 is 4.74 Å². The molecule has 1 heterocycles. The minimum absolute atomic E-state index is 0.128. The van der Waals surface area contributed by atoms with Crippen LogP contribution in [0, 0.1) is 11.3 Å². The van der Waals surface area contributed by atoms with Gasteiger partial charge in [-0.3, -0.25) is 0 Å². The Kier molecular flexibility index (Phi) is 3.97. The summed E-state index contributed by atoms with van der Waals surface area (Å²) >= 11 is 3.06. The maximum Gasteiger partial charge on any atom is 0.269 e. The van der Waals surface area contributed by atoms with Gasteiger partial charge in [0.05, 0.1) is 18.2 Å². The summed E-state index contributed by atoms with van der Waals surface area (Å²) in [4.78, 5) is 3.65. The van der Waals surface area contributed by atoms with E-state index in [0.717, 1.165) is 0 Å². The van der Waals surface area contributed by atoms with E-state index in [-0.39, 0.29) is 27.9 Å². The van der Waals surface area contributed by atoms with E-state index in [1.807, 2.05) is 6.07 Å². The van der Waals surface area contributed by atoms with Crippen LogP contribution in [0.3, 0.4) is 0 Å². The third-order valence-corrected chi connectivity index (χ3v) is 2.42. The van der Waals surface area contributed by atoms with Gasteiger partial charge in [-0.25, -0.2) is 13.8 Å². The molecule has 0 saturated carbocycles. The van der Waals surface area contributed by atoms with Crippen LogP contribution in [0.2, 0.25) is 0 Å². The van der Waals surface area contributed by atoms with Gasteiger partial charge in [0.15, 0.2) is 0 Å². The van der Waals surface area contributed by atoms with Gasteiger partial charge in [-0.1, -0.05) is 15.9 Å². The minimum Gasteiger partial charge on any atom is -0.481 e. The van der Waals surface area contributed by atoms with E-state index in [4.69, 9.17) is 10.00 Å². The average Bonchev–Trinajstić information content (AvgIpc) is 2.26. The van der Waals surface area contributed by atoms with Crippen molar-refractivity contribution in [2.75, 3.05) is 7.11 Å². The lowest BCUT2D eigenvalue weighted by atomic mass is 10.1. The molecule has 0 atom stereocenters. The minimum atomic E-state index is -2.71. The van der Waals surface area contributed by atoms with E-state index in [1.165, 1.54) is 13.3 Å². The number of hydrogen-bond acceptors (Lipinski definition) is 3. The first-order chi connectivity index (χ1) is 7.15. The second-order valence-electron chi connectivity index (χ2n) is 2.62. The van der Waals surface area contributed by atoms with Crippen LogP contribution in [0.25, 0.3) is 0 Å². The monoisotopic (exact) mass is 276 g/mol. The predicted octanol–water partition coefficient (Wildman–Crippen LogP) is 2.79. The van der Waals surface area contributed by atoms with Crippen LogP contribution < -0.4 is 4.74 Å². The summed E-state index contributed by atoms with van der Waals surface area (Å²) in [5.74, 6) is -0.140. The lowest BCUT2D eigenvalue weighted by Crippen LogP contribution is -2.02. The molecule has 0 bridgehead atoms. The van der Waals surface area contributed by atoms with E-state index in [9.17, 15) is 8.78 Å². The molecule has 3 nitrogen and oxygen atoms in total. The van der Waals surface area contributed by atoms with Crippen LogP contribution in [0.15, 0.2) is 6.20 Å². The molecular weight excluding hydrogens is 270 g/mol. The van der Waals surface area contributed by atoms with E-state index in [1.54, 1.807) is 0 Å². The molecule has 0 amide bonds. The van der Waals surface area contributed by atoms with Gasteiger partial charge in [0.25, 0.3) is 6.43 Å². The van der Waals surface area contributed by atoms with Crippen LogP contribution in [-0.4, -0.2) is 12.1 Å². The summed E-state index contributed by atoms with van der Waals surface area (Å²) in [5.41, 5.74) is 0.0238. The molecule has 0 unspecified atom stereocenters. The fraction of sp³-hybridized carbons (Fsp3) is 0.333. The maximum absolute atomic E-state index is 12.7. The highest BCUT2D eigenvalue weighted by molar-refractivity contribution is 9.08. The number of methoxy groups -OCH3 is 1. The highest BCUT2D eigenvalue weighted by Gasteiger charge is 2.22. The van der Waals surface area contributed by atoms with Crippen LogP contribution in [0.4, 0.5) is 8.78 Å². The lowest BCUT2D eigenvalue weighted by molar-refractivity contribution is 0.145. The fourth-order valence-electron chi connectivity index (χ4n) is 1.17. The third kappa shape index (κ3) is 2.23. The zero-order valence-corrected chi connectivity index (χ0v) is 9.38. The molecule has 0 N–H and O–H groups in total. The predicted molar refractivity (Wildman–Crippen MR) is 53.1 cm³/mol. The Hall–Kier alpha value is -1.22. The molecule has 0 saturated heterocycles. The second-order valence-corrected chi connectivity index (χ2v) is 3.18. The summed E-state index contributed by atoms with van der Waals surface area (Å²) in [6.45, 7) is 0. The molecule has 0 aromatic carbocycles. The van der Waals surface area contributed by atoms with Crippen molar-refractivity contribution in [1.29, 1.82) is 5.26 Å². The van der Waals surface area contributed by atoms with Crippen LogP contribution in [0.1, 0.15) is 23.1 Å². The number of pyridine rings is 1. The summed E-state index contributed by atoms with van der Waals surface area (Å²) in [6.07, 6.45) is -1.49. The van der Waals surface area contributed by atoms with Gasteiger partial charge in [-0.05, 0) is 5.56 Å². The Morgan fingerprint density at radius 1 is 1.67 bits per heavy atom. The average molecular weight is 277 g/mol. The SMILES string of the molecule is COc1ncc(C#N)c(CBr)c1C(F)F.